The number of halogens is 8. The number of rotatable bonds is 9. The van der Waals surface area contributed by atoms with Gasteiger partial charge in [-0.25, -0.2) is 28.7 Å². The van der Waals surface area contributed by atoms with Crippen molar-refractivity contribution in [3.05, 3.63) is 33.5 Å². The summed E-state index contributed by atoms with van der Waals surface area (Å²) in [5, 5.41) is 9.82. The second-order valence-corrected chi connectivity index (χ2v) is 18.7. The van der Waals surface area contributed by atoms with Gasteiger partial charge in [-0.15, -0.1) is 22.7 Å². The van der Waals surface area contributed by atoms with Gasteiger partial charge in [0.05, 0.1) is 10.8 Å². The second kappa shape index (κ2) is 18.5. The predicted molar refractivity (Wildman–Crippen MR) is 204 cm³/mol. The molecule has 0 amide bonds. The van der Waals surface area contributed by atoms with E-state index in [1.54, 1.807) is 12.7 Å². The summed E-state index contributed by atoms with van der Waals surface area (Å²) in [6.45, 7) is -2.49. The van der Waals surface area contributed by atoms with Gasteiger partial charge in [-0.05, 0) is 113 Å². The first-order valence-corrected chi connectivity index (χ1v) is 22.1. The fourth-order valence-corrected chi connectivity index (χ4v) is 10.8. The van der Waals surface area contributed by atoms with Crippen LogP contribution in [-0.2, 0) is 40.0 Å². The van der Waals surface area contributed by atoms with Crippen LogP contribution in [0.1, 0.15) is 97.9 Å². The van der Waals surface area contributed by atoms with E-state index >= 15 is 0 Å². The summed E-state index contributed by atoms with van der Waals surface area (Å²) >= 11 is 3.66. The Balaban J connectivity index is 0.000000152. The average molecular weight is 872 g/mol. The molecular formula is C36H45F8N7O3S3. The number of nitrogens with two attached hydrogens (primary N) is 1. The van der Waals surface area contributed by atoms with Crippen molar-refractivity contribution in [3.63, 3.8) is 0 Å². The highest BCUT2D eigenvalue weighted by atomic mass is 32.2. The largest absolute Gasteiger partial charge is 0.523 e. The third kappa shape index (κ3) is 11.4. The Kier molecular flexibility index (Phi) is 14.1. The molecule has 0 radical (unpaired) electrons. The predicted octanol–water partition coefficient (Wildman–Crippen LogP) is 9.47. The molecule has 10 nitrogen and oxygen atoms in total. The van der Waals surface area contributed by atoms with Crippen LogP contribution in [0.25, 0.3) is 20.4 Å². The van der Waals surface area contributed by atoms with Gasteiger partial charge in [-0.3, -0.25) is 4.18 Å². The van der Waals surface area contributed by atoms with E-state index in [-0.39, 0.29) is 6.42 Å². The van der Waals surface area contributed by atoms with Crippen molar-refractivity contribution >= 4 is 64.9 Å². The SMILES string of the molecule is FC(F)CCC1CCC(Nc2ncnc3sc4c(c23)CCC4)CC1.NC1CCC(Nc2ncnc3sc4c(c23)CCC4)CC1.O=S(=O)(OCC(F)(F)F)C(F)(F)F. The van der Waals surface area contributed by atoms with Crippen molar-refractivity contribution in [3.8, 4) is 0 Å². The molecule has 21 heteroatoms. The van der Waals surface area contributed by atoms with Crippen molar-refractivity contribution < 1.29 is 47.7 Å². The second-order valence-electron chi connectivity index (χ2n) is 14.9. The molecule has 4 heterocycles. The number of anilines is 2. The molecule has 4 aromatic heterocycles. The molecule has 0 aliphatic heterocycles. The van der Waals surface area contributed by atoms with Crippen LogP contribution in [-0.4, -0.2) is 71.2 Å². The lowest BCUT2D eigenvalue weighted by Crippen LogP contribution is -2.33. The number of nitrogens with zero attached hydrogens (tertiary/aromatic N) is 4. The van der Waals surface area contributed by atoms with Gasteiger partial charge in [-0.1, -0.05) is 0 Å². The zero-order chi connectivity index (χ0) is 41.0. The number of alkyl halides is 8. The fourth-order valence-electron chi connectivity index (χ4n) is 7.89. The lowest BCUT2D eigenvalue weighted by atomic mass is 9.83. The first-order chi connectivity index (χ1) is 27.0. The number of hydrogen-bond donors (Lipinski definition) is 3. The molecule has 4 N–H and O–H groups in total. The molecule has 0 bridgehead atoms. The first-order valence-electron chi connectivity index (χ1n) is 19.1. The number of nitrogens with one attached hydrogen (secondary N) is 2. The van der Waals surface area contributed by atoms with Gasteiger partial charge >= 0.3 is 21.8 Å². The number of hydrogen-bond acceptors (Lipinski definition) is 12. The van der Waals surface area contributed by atoms with Crippen LogP contribution < -0.4 is 16.4 Å². The highest BCUT2D eigenvalue weighted by Gasteiger charge is 2.49. The quantitative estimate of drug-likeness (QED) is 0.0845. The maximum atomic E-state index is 12.4. The molecular weight excluding hydrogens is 827 g/mol. The maximum absolute atomic E-state index is 12.4. The smallest absolute Gasteiger partial charge is 0.367 e. The van der Waals surface area contributed by atoms with Gasteiger partial charge in [0.2, 0.25) is 6.43 Å². The minimum Gasteiger partial charge on any atom is -0.367 e. The van der Waals surface area contributed by atoms with Gasteiger partial charge in [0, 0.05) is 34.3 Å². The Morgan fingerprint density at radius 1 is 0.737 bits per heavy atom. The molecule has 316 valence electrons. The Morgan fingerprint density at radius 2 is 1.21 bits per heavy atom. The number of fused-ring (bicyclic) bond motifs is 6. The van der Waals surface area contributed by atoms with Crippen LogP contribution in [0, 0.1) is 5.92 Å². The minimum absolute atomic E-state index is 0.0519. The standard InChI is InChI=1S/C18H23F2N3S.C15H20N4S.C3H2F6O3S/c19-15(20)9-6-11-4-7-12(8-5-11)23-17-16-13-2-1-3-14(13)24-18(16)22-10-21-17;16-9-4-6-10(7-5-9)19-14-13-11-2-1-3-12(11)20-15(13)18-8-17-14;4-2(5,6)1-12-13(10,11)3(7,8)9/h10-12,15H,1-9H2,(H,21,22,23);8-10H,1-7,16H2,(H,17,18,19);1H2. The molecule has 8 rings (SSSR count). The minimum atomic E-state index is -6.15. The first kappa shape index (κ1) is 43.6. The number of aryl methyl sites for hydroxylation is 4. The van der Waals surface area contributed by atoms with Crippen molar-refractivity contribution in [2.75, 3.05) is 17.2 Å². The van der Waals surface area contributed by atoms with Crippen LogP contribution in [0.4, 0.5) is 46.8 Å². The maximum Gasteiger partial charge on any atom is 0.523 e. The summed E-state index contributed by atoms with van der Waals surface area (Å²) in [6, 6.07) is 1.32. The van der Waals surface area contributed by atoms with E-state index < -0.39 is 34.8 Å². The van der Waals surface area contributed by atoms with Crippen molar-refractivity contribution in [2.45, 2.75) is 139 Å². The van der Waals surface area contributed by atoms with Gasteiger partial charge in [0.15, 0.2) is 6.61 Å². The molecule has 2 fully saturated rings. The molecule has 0 unspecified atom stereocenters. The Hall–Kier alpha value is -3.01. The highest BCUT2D eigenvalue weighted by molar-refractivity contribution is 7.87. The summed E-state index contributed by atoms with van der Waals surface area (Å²) in [5.74, 6) is 2.50. The molecule has 2 saturated carbocycles. The van der Waals surface area contributed by atoms with Crippen LogP contribution in [0.15, 0.2) is 12.7 Å². The fraction of sp³-hybridized carbons (Fsp3) is 0.667. The van der Waals surface area contributed by atoms with E-state index in [0.717, 1.165) is 79.1 Å². The summed E-state index contributed by atoms with van der Waals surface area (Å²) in [5.41, 5.74) is 3.10. The van der Waals surface area contributed by atoms with Crippen molar-refractivity contribution in [2.24, 2.45) is 11.7 Å². The normalized spacial score (nSPS) is 22.4. The molecule has 4 aliphatic carbocycles. The van der Waals surface area contributed by atoms with E-state index in [9.17, 15) is 43.5 Å². The average Bonchev–Trinajstić information content (AvgIpc) is 3.94. The van der Waals surface area contributed by atoms with E-state index in [0.29, 0.717) is 30.5 Å². The van der Waals surface area contributed by atoms with Gasteiger partial charge in [0.1, 0.15) is 34.0 Å². The molecule has 57 heavy (non-hydrogen) atoms. The Morgan fingerprint density at radius 3 is 1.65 bits per heavy atom. The highest BCUT2D eigenvalue weighted by Crippen LogP contribution is 2.41. The topological polar surface area (TPSA) is 145 Å². The van der Waals surface area contributed by atoms with Crippen LogP contribution >= 0.6 is 22.7 Å². The van der Waals surface area contributed by atoms with E-state index in [1.807, 2.05) is 22.7 Å². The zero-order valence-electron chi connectivity index (χ0n) is 30.9. The number of thiophene rings is 2. The number of aromatic nitrogens is 4. The monoisotopic (exact) mass is 871 g/mol. The van der Waals surface area contributed by atoms with Crippen LogP contribution in [0.2, 0.25) is 0 Å². The third-order valence-corrected chi connectivity index (χ3v) is 14.2. The summed E-state index contributed by atoms with van der Waals surface area (Å²) < 4.78 is 115. The molecule has 4 aromatic rings. The van der Waals surface area contributed by atoms with Crippen LogP contribution in [0.3, 0.4) is 0 Å². The molecule has 0 saturated heterocycles. The third-order valence-electron chi connectivity index (χ3n) is 10.8. The Labute approximate surface area is 332 Å². The summed E-state index contributed by atoms with van der Waals surface area (Å²) in [7, 11) is -6.15. The summed E-state index contributed by atoms with van der Waals surface area (Å²) in [6.07, 6.45) is 12.7. The van der Waals surface area contributed by atoms with Crippen molar-refractivity contribution in [1.82, 2.24) is 19.9 Å². The molecule has 0 spiro atoms. The van der Waals surface area contributed by atoms with Gasteiger partial charge < -0.3 is 16.4 Å². The van der Waals surface area contributed by atoms with E-state index in [2.05, 4.69) is 34.8 Å². The van der Waals surface area contributed by atoms with Gasteiger partial charge in [0.25, 0.3) is 0 Å². The van der Waals surface area contributed by atoms with Crippen LogP contribution in [0.5, 0.6) is 0 Å². The van der Waals surface area contributed by atoms with E-state index in [1.165, 1.54) is 63.8 Å². The molecule has 4 aliphatic rings. The lowest BCUT2D eigenvalue weighted by Gasteiger charge is -2.29. The lowest BCUT2D eigenvalue weighted by molar-refractivity contribution is -0.156. The zero-order valence-corrected chi connectivity index (χ0v) is 33.4. The van der Waals surface area contributed by atoms with Crippen molar-refractivity contribution in [1.29, 1.82) is 0 Å². The van der Waals surface area contributed by atoms with E-state index in [4.69, 9.17) is 5.73 Å². The van der Waals surface area contributed by atoms with Gasteiger partial charge in [-0.2, -0.15) is 34.8 Å². The molecule has 0 aromatic carbocycles. The Bertz CT molecular complexity index is 2060. The summed E-state index contributed by atoms with van der Waals surface area (Å²) in [4.78, 5) is 23.2. The molecule has 0 atom stereocenters.